The molecule has 0 amide bonds. The fourth-order valence-electron chi connectivity index (χ4n) is 2.75. The van der Waals surface area contributed by atoms with Crippen molar-refractivity contribution in [2.75, 3.05) is 20.2 Å². The van der Waals surface area contributed by atoms with Gasteiger partial charge in [-0.3, -0.25) is 4.90 Å². The molecular formula is C14H21BrN2O. The molecule has 2 atom stereocenters. The number of hydrogen-bond donors (Lipinski definition) is 1. The maximum atomic E-state index is 6.26. The second-order valence-corrected chi connectivity index (χ2v) is 5.68. The monoisotopic (exact) mass is 312 g/mol. The summed E-state index contributed by atoms with van der Waals surface area (Å²) in [7, 11) is 1.68. The van der Waals surface area contributed by atoms with E-state index < -0.39 is 0 Å². The second-order valence-electron chi connectivity index (χ2n) is 4.83. The number of nitrogens with two attached hydrogens (primary N) is 1. The molecule has 1 aliphatic heterocycles. The fraction of sp³-hybridized carbons (Fsp3) is 0.571. The van der Waals surface area contributed by atoms with E-state index in [0.717, 1.165) is 29.7 Å². The van der Waals surface area contributed by atoms with Crippen molar-refractivity contribution in [2.24, 2.45) is 5.73 Å². The Labute approximate surface area is 117 Å². The average Bonchev–Trinajstić information content (AvgIpc) is 2.71. The first-order valence-electron chi connectivity index (χ1n) is 6.50. The smallest absolute Gasteiger partial charge is 0.133 e. The maximum absolute atomic E-state index is 6.26. The van der Waals surface area contributed by atoms with Crippen LogP contribution in [0.25, 0.3) is 0 Å². The zero-order valence-corrected chi connectivity index (χ0v) is 12.6. The number of hydrogen-bond acceptors (Lipinski definition) is 3. The van der Waals surface area contributed by atoms with Crippen LogP contribution in [-0.2, 0) is 0 Å². The van der Waals surface area contributed by atoms with Gasteiger partial charge in [0, 0.05) is 18.6 Å². The molecule has 0 bridgehead atoms. The largest absolute Gasteiger partial charge is 0.496 e. The van der Waals surface area contributed by atoms with Crippen molar-refractivity contribution < 1.29 is 4.74 Å². The molecule has 1 fully saturated rings. The van der Waals surface area contributed by atoms with Gasteiger partial charge in [-0.2, -0.15) is 0 Å². The molecule has 0 spiro atoms. The summed E-state index contributed by atoms with van der Waals surface area (Å²) in [6, 6.07) is 6.84. The number of rotatable bonds is 4. The molecule has 0 aromatic heterocycles. The number of nitrogens with zero attached hydrogens (tertiary/aromatic N) is 1. The van der Waals surface area contributed by atoms with Crippen LogP contribution in [0, 0.1) is 0 Å². The Morgan fingerprint density at radius 2 is 2.28 bits per heavy atom. The Morgan fingerprint density at radius 3 is 2.89 bits per heavy atom. The number of methoxy groups -OCH3 is 1. The van der Waals surface area contributed by atoms with Crippen LogP contribution in [0.4, 0.5) is 0 Å². The van der Waals surface area contributed by atoms with E-state index in [0.29, 0.717) is 6.04 Å². The van der Waals surface area contributed by atoms with E-state index in [-0.39, 0.29) is 6.04 Å². The molecule has 100 valence electrons. The van der Waals surface area contributed by atoms with Crippen molar-refractivity contribution in [3.63, 3.8) is 0 Å². The summed E-state index contributed by atoms with van der Waals surface area (Å²) in [6.07, 6.45) is 2.24. The minimum atomic E-state index is 0.233. The molecule has 3 nitrogen and oxygen atoms in total. The summed E-state index contributed by atoms with van der Waals surface area (Å²) in [4.78, 5) is 2.49. The van der Waals surface area contributed by atoms with E-state index in [1.54, 1.807) is 7.11 Å². The highest BCUT2D eigenvalue weighted by atomic mass is 79.9. The lowest BCUT2D eigenvalue weighted by Crippen LogP contribution is -2.32. The predicted molar refractivity (Wildman–Crippen MR) is 77.9 cm³/mol. The van der Waals surface area contributed by atoms with Crippen LogP contribution >= 0.6 is 15.9 Å². The highest BCUT2D eigenvalue weighted by Gasteiger charge is 2.32. The summed E-state index contributed by atoms with van der Waals surface area (Å²) in [5, 5.41) is 0. The lowest BCUT2D eigenvalue weighted by molar-refractivity contribution is 0.248. The highest BCUT2D eigenvalue weighted by Crippen LogP contribution is 2.35. The van der Waals surface area contributed by atoms with Gasteiger partial charge in [0.1, 0.15) is 5.75 Å². The van der Waals surface area contributed by atoms with Gasteiger partial charge in [-0.25, -0.2) is 0 Å². The van der Waals surface area contributed by atoms with Gasteiger partial charge in [-0.05, 0) is 53.0 Å². The molecule has 2 rings (SSSR count). The minimum absolute atomic E-state index is 0.233. The number of ether oxygens (including phenoxy) is 1. The van der Waals surface area contributed by atoms with Crippen LogP contribution in [0.2, 0.25) is 0 Å². The summed E-state index contributed by atoms with van der Waals surface area (Å²) in [5.41, 5.74) is 7.54. The molecule has 1 heterocycles. The fourth-order valence-corrected chi connectivity index (χ4v) is 3.30. The third-order valence-corrected chi connectivity index (χ3v) is 4.20. The quantitative estimate of drug-likeness (QED) is 0.929. The van der Waals surface area contributed by atoms with Crippen molar-refractivity contribution in [3.05, 3.63) is 28.2 Å². The van der Waals surface area contributed by atoms with E-state index >= 15 is 0 Å². The van der Waals surface area contributed by atoms with Gasteiger partial charge in [-0.15, -0.1) is 0 Å². The topological polar surface area (TPSA) is 38.5 Å². The van der Waals surface area contributed by atoms with Crippen LogP contribution in [0.5, 0.6) is 5.75 Å². The molecule has 18 heavy (non-hydrogen) atoms. The molecule has 0 radical (unpaired) electrons. The lowest BCUT2D eigenvalue weighted by atomic mass is 10.0. The second kappa shape index (κ2) is 6.04. The highest BCUT2D eigenvalue weighted by molar-refractivity contribution is 9.10. The first-order chi connectivity index (χ1) is 8.67. The van der Waals surface area contributed by atoms with Crippen LogP contribution in [-0.4, -0.2) is 31.1 Å². The average molecular weight is 313 g/mol. The van der Waals surface area contributed by atoms with Crippen molar-refractivity contribution in [1.82, 2.24) is 4.90 Å². The molecule has 1 saturated heterocycles. The molecule has 0 aliphatic carbocycles. The summed E-state index contributed by atoms with van der Waals surface area (Å²) >= 11 is 3.55. The van der Waals surface area contributed by atoms with Gasteiger partial charge in [0.2, 0.25) is 0 Å². The Morgan fingerprint density at radius 1 is 1.50 bits per heavy atom. The van der Waals surface area contributed by atoms with E-state index in [1.807, 2.05) is 6.07 Å². The maximum Gasteiger partial charge on any atom is 0.133 e. The number of likely N-dealkylation sites (tertiary alicyclic amines) is 1. The Hall–Kier alpha value is -0.580. The minimum Gasteiger partial charge on any atom is -0.496 e. The number of halogens is 1. The van der Waals surface area contributed by atoms with Gasteiger partial charge in [0.05, 0.1) is 11.6 Å². The lowest BCUT2D eigenvalue weighted by Gasteiger charge is -2.27. The van der Waals surface area contributed by atoms with E-state index in [4.69, 9.17) is 10.5 Å². The molecule has 0 saturated carbocycles. The Bertz CT molecular complexity index is 409. The standard InChI is InChI=1S/C14H21BrN2O/c1-3-7-17-8-6-12(16)14(17)10-4-5-13(18-2)11(15)9-10/h4-5,9,12,14H,3,6-8,16H2,1-2H3. The molecule has 1 aromatic rings. The first kappa shape index (κ1) is 13.8. The molecule has 2 unspecified atom stereocenters. The van der Waals surface area contributed by atoms with Gasteiger partial charge in [0.15, 0.2) is 0 Å². The SMILES string of the molecule is CCCN1CCC(N)C1c1ccc(OC)c(Br)c1. The van der Waals surface area contributed by atoms with Gasteiger partial charge >= 0.3 is 0 Å². The van der Waals surface area contributed by atoms with Crippen LogP contribution in [0.15, 0.2) is 22.7 Å². The predicted octanol–water partition coefficient (Wildman–Crippen LogP) is 2.94. The summed E-state index contributed by atoms with van der Waals surface area (Å²) in [5.74, 6) is 0.868. The van der Waals surface area contributed by atoms with Gasteiger partial charge < -0.3 is 10.5 Å². The van der Waals surface area contributed by atoms with Gasteiger partial charge in [0.25, 0.3) is 0 Å². The van der Waals surface area contributed by atoms with Crippen molar-refractivity contribution >= 4 is 15.9 Å². The van der Waals surface area contributed by atoms with Gasteiger partial charge in [-0.1, -0.05) is 13.0 Å². The summed E-state index contributed by atoms with van der Waals surface area (Å²) < 4.78 is 6.27. The third-order valence-electron chi connectivity index (χ3n) is 3.58. The van der Waals surface area contributed by atoms with E-state index in [2.05, 4.69) is 39.9 Å². The molecule has 2 N–H and O–H groups in total. The Kier molecular flexibility index (Phi) is 4.65. The van der Waals surface area contributed by atoms with Crippen molar-refractivity contribution in [1.29, 1.82) is 0 Å². The van der Waals surface area contributed by atoms with E-state index in [9.17, 15) is 0 Å². The van der Waals surface area contributed by atoms with Crippen LogP contribution in [0.1, 0.15) is 31.4 Å². The van der Waals surface area contributed by atoms with Crippen LogP contribution < -0.4 is 10.5 Å². The number of benzene rings is 1. The molecule has 4 heteroatoms. The van der Waals surface area contributed by atoms with Crippen molar-refractivity contribution in [3.8, 4) is 5.75 Å². The molecule has 1 aliphatic rings. The zero-order valence-electron chi connectivity index (χ0n) is 11.0. The van der Waals surface area contributed by atoms with E-state index in [1.165, 1.54) is 12.0 Å². The Balaban J connectivity index is 2.25. The third kappa shape index (κ3) is 2.71. The normalized spacial score (nSPS) is 24.4. The molecular weight excluding hydrogens is 292 g/mol. The molecule has 1 aromatic carbocycles. The van der Waals surface area contributed by atoms with Crippen molar-refractivity contribution in [2.45, 2.75) is 31.8 Å². The summed E-state index contributed by atoms with van der Waals surface area (Å²) in [6.45, 7) is 4.43. The first-order valence-corrected chi connectivity index (χ1v) is 7.29. The van der Waals surface area contributed by atoms with Crippen LogP contribution in [0.3, 0.4) is 0 Å². The zero-order chi connectivity index (χ0) is 13.1.